The Balaban J connectivity index is 1.42. The summed E-state index contributed by atoms with van der Waals surface area (Å²) in [5.41, 5.74) is -0.685. The van der Waals surface area contributed by atoms with Crippen LogP contribution >= 0.6 is 23.2 Å². The zero-order valence-electron chi connectivity index (χ0n) is 19.1. The maximum absolute atomic E-state index is 13.7. The van der Waals surface area contributed by atoms with E-state index in [2.05, 4.69) is 10.6 Å². The fourth-order valence-electron chi connectivity index (χ4n) is 6.13. The molecule has 9 heteroatoms. The number of ether oxygens (including phenoxy) is 1. The van der Waals surface area contributed by atoms with Gasteiger partial charge >= 0.3 is 0 Å². The van der Waals surface area contributed by atoms with Crippen molar-refractivity contribution >= 4 is 46.6 Å². The number of anilines is 1. The van der Waals surface area contributed by atoms with Gasteiger partial charge < -0.3 is 20.3 Å². The minimum absolute atomic E-state index is 0.115. The normalized spacial score (nSPS) is 32.2. The van der Waals surface area contributed by atoms with E-state index < -0.39 is 29.6 Å². The molecular weight excluding hydrogens is 477 g/mol. The van der Waals surface area contributed by atoms with Crippen LogP contribution in [0, 0.1) is 11.8 Å². The highest BCUT2D eigenvalue weighted by atomic mass is 35.5. The first kappa shape index (κ1) is 23.6. The third-order valence-corrected chi connectivity index (χ3v) is 7.91. The first-order valence-electron chi connectivity index (χ1n) is 12.1. The van der Waals surface area contributed by atoms with Gasteiger partial charge in [0.25, 0.3) is 0 Å². The van der Waals surface area contributed by atoms with Crippen LogP contribution in [0.3, 0.4) is 0 Å². The van der Waals surface area contributed by atoms with Crippen LogP contribution in [0.2, 0.25) is 10.0 Å². The first-order valence-corrected chi connectivity index (χ1v) is 12.8. The molecule has 2 saturated heterocycles. The predicted molar refractivity (Wildman–Crippen MR) is 130 cm³/mol. The molecular formula is C25H29Cl2N3O4. The van der Waals surface area contributed by atoms with Gasteiger partial charge in [-0.05, 0) is 37.5 Å². The number of nitrogens with zero attached hydrogens (tertiary/aromatic N) is 1. The van der Waals surface area contributed by atoms with E-state index in [1.165, 1.54) is 6.42 Å². The van der Waals surface area contributed by atoms with Crippen molar-refractivity contribution in [3.8, 4) is 0 Å². The molecule has 1 aromatic carbocycles. The highest BCUT2D eigenvalue weighted by Gasteiger charge is 2.72. The molecule has 5 rings (SSSR count). The highest BCUT2D eigenvalue weighted by Crippen LogP contribution is 2.55. The Labute approximate surface area is 209 Å². The van der Waals surface area contributed by atoms with Gasteiger partial charge in [0.05, 0.1) is 17.9 Å². The third kappa shape index (κ3) is 3.91. The molecule has 1 spiro atoms. The number of carbonyl (C=O) groups excluding carboxylic acids is 3. The largest absolute Gasteiger partial charge is 0.359 e. The van der Waals surface area contributed by atoms with E-state index in [1.54, 1.807) is 23.1 Å². The lowest BCUT2D eigenvalue weighted by Gasteiger charge is -2.34. The number of halogens is 2. The summed E-state index contributed by atoms with van der Waals surface area (Å²) in [6.45, 7) is 2.40. The van der Waals surface area contributed by atoms with Crippen molar-refractivity contribution in [2.24, 2.45) is 11.8 Å². The van der Waals surface area contributed by atoms with Crippen LogP contribution in [0.25, 0.3) is 0 Å². The number of hydrogen-bond donors (Lipinski definition) is 2. The number of rotatable bonds is 6. The van der Waals surface area contributed by atoms with Gasteiger partial charge in [-0.2, -0.15) is 0 Å². The number of fused-ring (bicyclic) bond motifs is 1. The summed E-state index contributed by atoms with van der Waals surface area (Å²) >= 11 is 12.2. The zero-order valence-corrected chi connectivity index (χ0v) is 20.6. The van der Waals surface area contributed by atoms with Crippen LogP contribution < -0.4 is 10.6 Å². The minimum atomic E-state index is -1.14. The second-order valence-corrected chi connectivity index (χ2v) is 10.6. The van der Waals surface area contributed by atoms with Gasteiger partial charge in [-0.1, -0.05) is 61.5 Å². The Morgan fingerprint density at radius 1 is 1.12 bits per heavy atom. The minimum Gasteiger partial charge on any atom is -0.359 e. The molecule has 3 amide bonds. The van der Waals surface area contributed by atoms with Gasteiger partial charge in [0.1, 0.15) is 11.6 Å². The second kappa shape index (κ2) is 9.17. The lowest BCUT2D eigenvalue weighted by atomic mass is 9.74. The van der Waals surface area contributed by atoms with E-state index in [9.17, 15) is 14.4 Å². The molecule has 1 saturated carbocycles. The maximum atomic E-state index is 13.7. The fourth-order valence-corrected chi connectivity index (χ4v) is 6.65. The second-order valence-electron chi connectivity index (χ2n) is 9.72. The van der Waals surface area contributed by atoms with E-state index >= 15 is 0 Å². The Morgan fingerprint density at radius 3 is 2.50 bits per heavy atom. The third-order valence-electron chi connectivity index (χ3n) is 7.47. The average molecular weight is 506 g/mol. The van der Waals surface area contributed by atoms with Crippen molar-refractivity contribution in [1.82, 2.24) is 10.2 Å². The average Bonchev–Trinajstić information content (AvgIpc) is 3.42. The van der Waals surface area contributed by atoms with Crippen LogP contribution in [-0.4, -0.2) is 53.0 Å². The Morgan fingerprint density at radius 2 is 1.82 bits per heavy atom. The number of benzene rings is 1. The molecule has 5 atom stereocenters. The lowest BCUT2D eigenvalue weighted by molar-refractivity contribution is -0.141. The van der Waals surface area contributed by atoms with Crippen LogP contribution in [0.5, 0.6) is 0 Å². The highest BCUT2D eigenvalue weighted by molar-refractivity contribution is 6.35. The van der Waals surface area contributed by atoms with Crippen molar-refractivity contribution in [3.63, 3.8) is 0 Å². The predicted octanol–water partition coefficient (Wildman–Crippen LogP) is 3.94. The first-order chi connectivity index (χ1) is 16.3. The van der Waals surface area contributed by atoms with Gasteiger partial charge in [0.15, 0.2) is 0 Å². The van der Waals surface area contributed by atoms with Crippen molar-refractivity contribution in [2.75, 3.05) is 11.9 Å². The van der Waals surface area contributed by atoms with Gasteiger partial charge in [-0.3, -0.25) is 14.4 Å². The standard InChI is InChI=1S/C25H29Cl2N3O4/c1-2-10-30-21(23(32)28-16-6-4-3-5-7-16)25-9-8-18(34-25)19(20(25)24(30)33)22(31)29-17-12-14(26)11-15(27)13-17/h8-9,11-13,16,18-21H,2-7,10H2,1H3,(H,28,32)(H,29,31). The van der Waals surface area contributed by atoms with E-state index in [0.29, 0.717) is 28.7 Å². The molecule has 182 valence electrons. The fraction of sp³-hybridized carbons (Fsp3) is 0.560. The summed E-state index contributed by atoms with van der Waals surface area (Å²) in [6.07, 6.45) is 9.04. The van der Waals surface area contributed by atoms with Crippen molar-refractivity contribution in [1.29, 1.82) is 0 Å². The molecule has 1 aromatic rings. The molecule has 3 fully saturated rings. The summed E-state index contributed by atoms with van der Waals surface area (Å²) in [6, 6.07) is 4.11. The van der Waals surface area contributed by atoms with Crippen LogP contribution in [0.4, 0.5) is 5.69 Å². The maximum Gasteiger partial charge on any atom is 0.246 e. The van der Waals surface area contributed by atoms with Crippen LogP contribution in [0.1, 0.15) is 45.4 Å². The molecule has 5 unspecified atom stereocenters. The number of carbonyl (C=O) groups is 3. The SMILES string of the molecule is CCCN1C(=O)C2C(C(=O)Nc3cc(Cl)cc(Cl)c3)C3C=CC2(O3)C1C(=O)NC1CCCCC1. The number of hydrogen-bond acceptors (Lipinski definition) is 4. The summed E-state index contributed by atoms with van der Waals surface area (Å²) < 4.78 is 6.33. The molecule has 3 heterocycles. The monoisotopic (exact) mass is 505 g/mol. The van der Waals surface area contributed by atoms with Crippen molar-refractivity contribution in [3.05, 3.63) is 40.4 Å². The van der Waals surface area contributed by atoms with E-state index in [-0.39, 0.29) is 23.8 Å². The van der Waals surface area contributed by atoms with E-state index in [0.717, 1.165) is 25.7 Å². The molecule has 34 heavy (non-hydrogen) atoms. The summed E-state index contributed by atoms with van der Waals surface area (Å²) in [4.78, 5) is 42.2. The van der Waals surface area contributed by atoms with E-state index in [1.807, 2.05) is 19.1 Å². The summed E-state index contributed by atoms with van der Waals surface area (Å²) in [5, 5.41) is 6.82. The Bertz CT molecular complexity index is 1020. The quantitative estimate of drug-likeness (QED) is 0.573. The molecule has 1 aliphatic carbocycles. The smallest absolute Gasteiger partial charge is 0.246 e. The van der Waals surface area contributed by atoms with Gasteiger partial charge in [0, 0.05) is 28.3 Å². The van der Waals surface area contributed by atoms with Gasteiger partial charge in [0.2, 0.25) is 17.7 Å². The van der Waals surface area contributed by atoms with Crippen LogP contribution in [-0.2, 0) is 19.1 Å². The lowest BCUT2D eigenvalue weighted by Crippen LogP contribution is -2.56. The summed E-state index contributed by atoms with van der Waals surface area (Å²) in [7, 11) is 0. The molecule has 4 aliphatic rings. The molecule has 7 nitrogen and oxygen atoms in total. The Kier molecular flexibility index (Phi) is 6.38. The molecule has 0 aromatic heterocycles. The molecule has 2 bridgehead atoms. The van der Waals surface area contributed by atoms with Crippen molar-refractivity contribution < 1.29 is 19.1 Å². The van der Waals surface area contributed by atoms with Crippen LogP contribution in [0.15, 0.2) is 30.4 Å². The number of amides is 3. The molecule has 0 radical (unpaired) electrons. The van der Waals surface area contributed by atoms with Gasteiger partial charge in [-0.15, -0.1) is 0 Å². The topological polar surface area (TPSA) is 87.7 Å². The van der Waals surface area contributed by atoms with Crippen molar-refractivity contribution in [2.45, 2.75) is 69.2 Å². The van der Waals surface area contributed by atoms with Gasteiger partial charge in [-0.25, -0.2) is 0 Å². The molecule has 3 aliphatic heterocycles. The molecule has 2 N–H and O–H groups in total. The summed E-state index contributed by atoms with van der Waals surface area (Å²) in [5.74, 6) is -2.25. The Hall–Kier alpha value is -2.09. The number of nitrogens with one attached hydrogen (secondary N) is 2. The zero-order chi connectivity index (χ0) is 24.0. The number of likely N-dealkylation sites (tertiary alicyclic amines) is 1. The van der Waals surface area contributed by atoms with E-state index in [4.69, 9.17) is 27.9 Å².